The molecule has 1 saturated heterocycles. The summed E-state index contributed by atoms with van der Waals surface area (Å²) in [6.45, 7) is 1.22. The number of rotatable bonds is 6. The first-order valence-electron chi connectivity index (χ1n) is 8.98. The van der Waals surface area contributed by atoms with Gasteiger partial charge in [-0.2, -0.15) is 18.2 Å². The number of anilines is 1. The number of carboxylic acid groups (broad SMARTS) is 1. The number of nitrogens with zero attached hydrogens (tertiary/aromatic N) is 3. The Morgan fingerprint density at radius 2 is 1.93 bits per heavy atom. The molecule has 0 atom stereocenters. The molecule has 2 heterocycles. The smallest absolute Gasteiger partial charge is 0.419 e. The molecule has 156 valence electrons. The number of hydrogen-bond acceptors (Lipinski definition) is 6. The summed E-state index contributed by atoms with van der Waals surface area (Å²) in [6.07, 6.45) is -3.17. The lowest BCUT2D eigenvalue weighted by Gasteiger charge is -2.32. The second-order valence-electron chi connectivity index (χ2n) is 6.64. The molecule has 10 heteroatoms. The van der Waals surface area contributed by atoms with Crippen LogP contribution in [0.25, 0.3) is 0 Å². The molecule has 0 radical (unpaired) electrons. The zero-order chi connectivity index (χ0) is 21.0. The Labute approximate surface area is 165 Å². The maximum absolute atomic E-state index is 13.1. The zero-order valence-corrected chi connectivity index (χ0v) is 15.6. The Morgan fingerprint density at radius 3 is 2.55 bits per heavy atom. The molecule has 1 aliphatic rings. The molecule has 1 N–H and O–H groups in total. The van der Waals surface area contributed by atoms with E-state index in [1.165, 1.54) is 31.4 Å². The standard InChI is InChI=1S/C19H20F3N3O4/c1-28-16-10-14(17(26)27)23-18(24-16)25-8-6-12(7-9-25)11-29-15-5-3-2-4-13(15)19(20,21)22/h2-5,10,12H,6-9,11H2,1H3,(H,26,27). The van der Waals surface area contributed by atoms with E-state index < -0.39 is 17.7 Å². The number of aromatic carboxylic acids is 1. The van der Waals surface area contributed by atoms with E-state index in [4.69, 9.17) is 14.6 Å². The van der Waals surface area contributed by atoms with E-state index in [1.54, 1.807) is 0 Å². The van der Waals surface area contributed by atoms with Crippen LogP contribution in [0, 0.1) is 5.92 Å². The fourth-order valence-corrected chi connectivity index (χ4v) is 3.10. The fraction of sp³-hybridized carbons (Fsp3) is 0.421. The van der Waals surface area contributed by atoms with Crippen LogP contribution in [0.4, 0.5) is 19.1 Å². The average molecular weight is 411 g/mol. The van der Waals surface area contributed by atoms with Crippen LogP contribution < -0.4 is 14.4 Å². The van der Waals surface area contributed by atoms with Gasteiger partial charge in [-0.1, -0.05) is 12.1 Å². The molecule has 1 aromatic carbocycles. The lowest BCUT2D eigenvalue weighted by Crippen LogP contribution is -2.37. The van der Waals surface area contributed by atoms with Crippen molar-refractivity contribution in [3.63, 3.8) is 0 Å². The molecule has 0 amide bonds. The number of methoxy groups -OCH3 is 1. The average Bonchev–Trinajstić information content (AvgIpc) is 2.71. The molecule has 3 rings (SSSR count). The quantitative estimate of drug-likeness (QED) is 0.779. The summed E-state index contributed by atoms with van der Waals surface area (Å²) in [5, 5.41) is 9.17. The maximum Gasteiger partial charge on any atom is 0.419 e. The van der Waals surface area contributed by atoms with Gasteiger partial charge in [0.05, 0.1) is 19.3 Å². The molecule has 0 spiro atoms. The number of alkyl halides is 3. The molecule has 29 heavy (non-hydrogen) atoms. The number of hydrogen-bond donors (Lipinski definition) is 1. The minimum Gasteiger partial charge on any atom is -0.493 e. The Morgan fingerprint density at radius 1 is 1.24 bits per heavy atom. The van der Waals surface area contributed by atoms with Crippen molar-refractivity contribution in [2.24, 2.45) is 5.92 Å². The van der Waals surface area contributed by atoms with Crippen LogP contribution >= 0.6 is 0 Å². The summed E-state index contributed by atoms with van der Waals surface area (Å²) in [6, 6.07) is 6.39. The van der Waals surface area contributed by atoms with Crippen LogP contribution in [-0.4, -0.2) is 47.8 Å². The lowest BCUT2D eigenvalue weighted by atomic mass is 9.98. The maximum atomic E-state index is 13.1. The predicted octanol–water partition coefficient (Wildman–Crippen LogP) is 3.50. The first-order chi connectivity index (χ1) is 13.8. The molecule has 1 aromatic heterocycles. The highest BCUT2D eigenvalue weighted by Crippen LogP contribution is 2.36. The second kappa shape index (κ2) is 8.54. The van der Waals surface area contributed by atoms with Gasteiger partial charge in [0, 0.05) is 19.2 Å². The summed E-state index contributed by atoms with van der Waals surface area (Å²) in [5.74, 6) is -0.884. The molecule has 1 aliphatic heterocycles. The summed E-state index contributed by atoms with van der Waals surface area (Å²) >= 11 is 0. The topological polar surface area (TPSA) is 84.8 Å². The molecule has 0 aliphatic carbocycles. The predicted molar refractivity (Wildman–Crippen MR) is 97.4 cm³/mol. The van der Waals surface area contributed by atoms with Gasteiger partial charge in [-0.3, -0.25) is 0 Å². The van der Waals surface area contributed by atoms with Gasteiger partial charge in [-0.25, -0.2) is 9.78 Å². The third-order valence-electron chi connectivity index (χ3n) is 4.68. The third-order valence-corrected chi connectivity index (χ3v) is 4.68. The molecular formula is C19H20F3N3O4. The number of carboxylic acids is 1. The molecular weight excluding hydrogens is 391 g/mol. The minimum absolute atomic E-state index is 0.0668. The van der Waals surface area contributed by atoms with E-state index in [9.17, 15) is 18.0 Å². The Bertz CT molecular complexity index is 868. The number of benzene rings is 1. The van der Waals surface area contributed by atoms with Gasteiger partial charge in [0.25, 0.3) is 0 Å². The molecule has 0 bridgehead atoms. The van der Waals surface area contributed by atoms with E-state index in [0.29, 0.717) is 25.9 Å². The van der Waals surface area contributed by atoms with Crippen molar-refractivity contribution in [2.45, 2.75) is 19.0 Å². The van der Waals surface area contributed by atoms with Crippen LogP contribution in [0.5, 0.6) is 11.6 Å². The van der Waals surface area contributed by atoms with Gasteiger partial charge in [-0.05, 0) is 30.9 Å². The van der Waals surface area contributed by atoms with Gasteiger partial charge >= 0.3 is 12.1 Å². The monoisotopic (exact) mass is 411 g/mol. The number of piperidine rings is 1. The zero-order valence-electron chi connectivity index (χ0n) is 15.6. The van der Waals surface area contributed by atoms with Crippen molar-refractivity contribution in [1.82, 2.24) is 9.97 Å². The first-order valence-corrected chi connectivity index (χ1v) is 8.98. The number of carbonyl (C=O) groups is 1. The third kappa shape index (κ3) is 5.07. The van der Waals surface area contributed by atoms with Crippen molar-refractivity contribution in [1.29, 1.82) is 0 Å². The molecule has 2 aromatic rings. The lowest BCUT2D eigenvalue weighted by molar-refractivity contribution is -0.139. The van der Waals surface area contributed by atoms with Crippen molar-refractivity contribution in [3.05, 3.63) is 41.6 Å². The summed E-state index contributed by atoms with van der Waals surface area (Å²) in [4.78, 5) is 21.3. The van der Waals surface area contributed by atoms with Crippen LogP contribution in [0.2, 0.25) is 0 Å². The molecule has 0 unspecified atom stereocenters. The van der Waals surface area contributed by atoms with Gasteiger partial charge < -0.3 is 19.5 Å². The summed E-state index contributed by atoms with van der Waals surface area (Å²) in [5.41, 5.74) is -0.954. The second-order valence-corrected chi connectivity index (χ2v) is 6.64. The van der Waals surface area contributed by atoms with Gasteiger partial charge in [0.15, 0.2) is 5.69 Å². The minimum atomic E-state index is -4.47. The molecule has 7 nitrogen and oxygen atoms in total. The van der Waals surface area contributed by atoms with Crippen molar-refractivity contribution in [2.75, 3.05) is 31.7 Å². The Hall–Kier alpha value is -3.04. The van der Waals surface area contributed by atoms with Crippen LogP contribution in [0.15, 0.2) is 30.3 Å². The number of aromatic nitrogens is 2. The van der Waals surface area contributed by atoms with E-state index in [2.05, 4.69) is 9.97 Å². The largest absolute Gasteiger partial charge is 0.493 e. The van der Waals surface area contributed by atoms with E-state index in [-0.39, 0.29) is 35.8 Å². The van der Waals surface area contributed by atoms with Crippen molar-refractivity contribution >= 4 is 11.9 Å². The van der Waals surface area contributed by atoms with Crippen LogP contribution in [-0.2, 0) is 6.18 Å². The fourth-order valence-electron chi connectivity index (χ4n) is 3.10. The Balaban J connectivity index is 1.61. The highest BCUT2D eigenvalue weighted by molar-refractivity contribution is 5.86. The van der Waals surface area contributed by atoms with E-state index >= 15 is 0 Å². The van der Waals surface area contributed by atoms with Gasteiger partial charge in [-0.15, -0.1) is 0 Å². The SMILES string of the molecule is COc1cc(C(=O)O)nc(N2CCC(COc3ccccc3C(F)(F)F)CC2)n1. The summed E-state index contributed by atoms with van der Waals surface area (Å²) < 4.78 is 49.6. The van der Waals surface area contributed by atoms with Crippen LogP contribution in [0.3, 0.4) is 0 Å². The van der Waals surface area contributed by atoms with Gasteiger partial charge in [0.2, 0.25) is 11.8 Å². The number of halogens is 3. The van der Waals surface area contributed by atoms with Crippen molar-refractivity contribution < 1.29 is 32.5 Å². The van der Waals surface area contributed by atoms with Crippen LogP contribution in [0.1, 0.15) is 28.9 Å². The van der Waals surface area contributed by atoms with Crippen molar-refractivity contribution in [3.8, 4) is 11.6 Å². The Kier molecular flexibility index (Phi) is 6.09. The number of ether oxygens (including phenoxy) is 2. The van der Waals surface area contributed by atoms with Gasteiger partial charge in [0.1, 0.15) is 5.75 Å². The molecule has 0 saturated carbocycles. The molecule has 1 fully saturated rings. The number of para-hydroxylation sites is 1. The first kappa shape index (κ1) is 20.7. The highest BCUT2D eigenvalue weighted by Gasteiger charge is 2.34. The normalized spacial score (nSPS) is 15.2. The highest BCUT2D eigenvalue weighted by atomic mass is 19.4. The van der Waals surface area contributed by atoms with E-state index in [0.717, 1.165) is 6.07 Å². The summed E-state index contributed by atoms with van der Waals surface area (Å²) in [7, 11) is 1.39. The van der Waals surface area contributed by atoms with E-state index in [1.807, 2.05) is 4.90 Å².